The van der Waals surface area contributed by atoms with Crippen LogP contribution in [0.2, 0.25) is 0 Å². The molecule has 76 valence electrons. The molecule has 1 rings (SSSR count). The van der Waals surface area contributed by atoms with E-state index in [1.54, 1.807) is 13.1 Å². The number of carbonyl (C=O) groups excluding carboxylic acids is 1. The molecule has 14 heavy (non-hydrogen) atoms. The highest BCUT2D eigenvalue weighted by molar-refractivity contribution is 6.62. The Bertz CT molecular complexity index is 330. The van der Waals surface area contributed by atoms with Crippen molar-refractivity contribution in [2.75, 3.05) is 13.6 Å². The summed E-state index contributed by atoms with van der Waals surface area (Å²) in [6.07, 6.45) is 0.604. The monoisotopic (exact) mass is 215 g/mol. The molecule has 2 nitrogen and oxygen atoms in total. The lowest BCUT2D eigenvalue weighted by atomic mass is 10.1. The summed E-state index contributed by atoms with van der Waals surface area (Å²) in [5, 5.41) is -0.499. The van der Waals surface area contributed by atoms with Gasteiger partial charge in [-0.15, -0.1) is 0 Å². The second kappa shape index (κ2) is 4.96. The topological polar surface area (TPSA) is 20.3 Å². The van der Waals surface area contributed by atoms with Crippen LogP contribution in [-0.4, -0.2) is 23.9 Å². The summed E-state index contributed by atoms with van der Waals surface area (Å²) >= 11 is 5.24. The maximum atomic E-state index is 12.7. The minimum absolute atomic E-state index is 0.262. The molecule has 1 aromatic carbocycles. The lowest BCUT2D eigenvalue weighted by Gasteiger charge is -2.12. The van der Waals surface area contributed by atoms with Gasteiger partial charge in [-0.1, -0.05) is 12.1 Å². The quantitative estimate of drug-likeness (QED) is 0.561. The first-order chi connectivity index (χ1) is 6.59. The van der Waals surface area contributed by atoms with Gasteiger partial charge in [0.15, 0.2) is 0 Å². The highest BCUT2D eigenvalue weighted by atomic mass is 35.5. The van der Waals surface area contributed by atoms with Gasteiger partial charge in [0.05, 0.1) is 0 Å². The van der Waals surface area contributed by atoms with E-state index < -0.39 is 5.37 Å². The van der Waals surface area contributed by atoms with Gasteiger partial charge in [0.2, 0.25) is 0 Å². The Hall–Kier alpha value is -1.09. The zero-order valence-electron chi connectivity index (χ0n) is 7.84. The zero-order valence-corrected chi connectivity index (χ0v) is 8.59. The van der Waals surface area contributed by atoms with E-state index in [0.717, 1.165) is 5.56 Å². The molecule has 0 aliphatic heterocycles. The molecule has 0 aliphatic rings. The first-order valence-corrected chi connectivity index (χ1v) is 4.62. The number of hydrogen-bond acceptors (Lipinski definition) is 1. The largest absolute Gasteiger partial charge is 0.332 e. The van der Waals surface area contributed by atoms with Crippen LogP contribution < -0.4 is 0 Å². The number of amides is 1. The highest BCUT2D eigenvalue weighted by Crippen LogP contribution is 2.05. The van der Waals surface area contributed by atoms with Crippen molar-refractivity contribution >= 4 is 17.0 Å². The molecule has 1 amide bonds. The molecule has 0 heterocycles. The Morgan fingerprint density at radius 3 is 2.86 bits per heavy atom. The van der Waals surface area contributed by atoms with E-state index in [1.807, 2.05) is 6.07 Å². The summed E-state index contributed by atoms with van der Waals surface area (Å²) in [5.41, 5.74) is 0.856. The molecular weight excluding hydrogens is 205 g/mol. The van der Waals surface area contributed by atoms with Gasteiger partial charge >= 0.3 is 5.37 Å². The van der Waals surface area contributed by atoms with E-state index in [4.69, 9.17) is 11.6 Å². The first-order valence-electron chi connectivity index (χ1n) is 4.24. The SMILES string of the molecule is CN(CCc1cccc(F)c1)C(=O)Cl. The van der Waals surface area contributed by atoms with Gasteiger partial charge < -0.3 is 4.90 Å². The maximum absolute atomic E-state index is 12.7. The Labute approximate surface area is 87.3 Å². The minimum atomic E-state index is -0.499. The number of benzene rings is 1. The lowest BCUT2D eigenvalue weighted by molar-refractivity contribution is 0.232. The summed E-state index contributed by atoms with van der Waals surface area (Å²) in [6, 6.07) is 6.30. The summed E-state index contributed by atoms with van der Waals surface area (Å²) < 4.78 is 12.7. The molecule has 4 heteroatoms. The van der Waals surface area contributed by atoms with Crippen molar-refractivity contribution in [1.29, 1.82) is 0 Å². The van der Waals surface area contributed by atoms with Gasteiger partial charge in [-0.3, -0.25) is 4.79 Å². The molecule has 0 spiro atoms. The minimum Gasteiger partial charge on any atom is -0.332 e. The Morgan fingerprint density at radius 2 is 2.29 bits per heavy atom. The fourth-order valence-corrected chi connectivity index (χ4v) is 1.16. The third kappa shape index (κ3) is 3.34. The number of halogens is 2. The average Bonchev–Trinajstić information content (AvgIpc) is 2.14. The van der Waals surface area contributed by atoms with E-state index in [9.17, 15) is 9.18 Å². The van der Waals surface area contributed by atoms with E-state index in [2.05, 4.69) is 0 Å². The Kier molecular flexibility index (Phi) is 3.89. The molecule has 0 atom stereocenters. The van der Waals surface area contributed by atoms with Crippen LogP contribution in [0, 0.1) is 5.82 Å². The van der Waals surface area contributed by atoms with Gasteiger partial charge in [-0.05, 0) is 35.7 Å². The predicted molar refractivity (Wildman–Crippen MR) is 54.0 cm³/mol. The molecule has 1 aromatic rings. The molecule has 0 aromatic heterocycles. The number of hydrogen-bond donors (Lipinski definition) is 0. The fraction of sp³-hybridized carbons (Fsp3) is 0.300. The van der Waals surface area contributed by atoms with E-state index in [1.165, 1.54) is 17.0 Å². The van der Waals surface area contributed by atoms with Crippen molar-refractivity contribution in [3.05, 3.63) is 35.6 Å². The number of rotatable bonds is 3. The maximum Gasteiger partial charge on any atom is 0.316 e. The van der Waals surface area contributed by atoms with Gasteiger partial charge in [-0.2, -0.15) is 0 Å². The molecule has 0 radical (unpaired) electrons. The number of carbonyl (C=O) groups is 1. The molecule has 0 saturated heterocycles. The van der Waals surface area contributed by atoms with E-state index in [-0.39, 0.29) is 5.82 Å². The van der Waals surface area contributed by atoms with Crippen LogP contribution in [0.1, 0.15) is 5.56 Å². The smallest absolute Gasteiger partial charge is 0.316 e. The van der Waals surface area contributed by atoms with Crippen molar-refractivity contribution in [2.24, 2.45) is 0 Å². The van der Waals surface area contributed by atoms with Crippen LogP contribution in [-0.2, 0) is 6.42 Å². The van der Waals surface area contributed by atoms with Crippen LogP contribution in [0.25, 0.3) is 0 Å². The van der Waals surface area contributed by atoms with Crippen molar-refractivity contribution in [2.45, 2.75) is 6.42 Å². The molecule has 0 aliphatic carbocycles. The summed E-state index contributed by atoms with van der Waals surface area (Å²) in [6.45, 7) is 0.492. The number of likely N-dealkylation sites (N-methyl/N-ethyl adjacent to an activating group) is 1. The van der Waals surface area contributed by atoms with Crippen molar-refractivity contribution < 1.29 is 9.18 Å². The van der Waals surface area contributed by atoms with Gasteiger partial charge in [0.25, 0.3) is 0 Å². The average molecular weight is 216 g/mol. The lowest BCUT2D eigenvalue weighted by Crippen LogP contribution is -2.23. The van der Waals surface area contributed by atoms with Crippen molar-refractivity contribution in [3.8, 4) is 0 Å². The van der Waals surface area contributed by atoms with Crippen LogP contribution in [0.5, 0.6) is 0 Å². The molecule has 0 saturated carbocycles. The van der Waals surface area contributed by atoms with Crippen LogP contribution in [0.15, 0.2) is 24.3 Å². The standard InChI is InChI=1S/C10H11ClFNO/c1-13(10(11)14)6-5-8-3-2-4-9(12)7-8/h2-4,7H,5-6H2,1H3. The van der Waals surface area contributed by atoms with Crippen molar-refractivity contribution in [3.63, 3.8) is 0 Å². The van der Waals surface area contributed by atoms with Gasteiger partial charge in [0, 0.05) is 13.6 Å². The molecule has 0 fully saturated rings. The van der Waals surface area contributed by atoms with Crippen LogP contribution in [0.3, 0.4) is 0 Å². The molecular formula is C10H11ClFNO. The Balaban J connectivity index is 2.49. The van der Waals surface area contributed by atoms with Gasteiger partial charge in [0.1, 0.15) is 5.82 Å². The van der Waals surface area contributed by atoms with E-state index >= 15 is 0 Å². The van der Waals surface area contributed by atoms with E-state index in [0.29, 0.717) is 13.0 Å². The normalized spacial score (nSPS) is 9.93. The molecule has 0 bridgehead atoms. The summed E-state index contributed by atoms with van der Waals surface area (Å²) in [4.78, 5) is 12.0. The highest BCUT2D eigenvalue weighted by Gasteiger charge is 2.04. The van der Waals surface area contributed by atoms with Gasteiger partial charge in [-0.25, -0.2) is 4.39 Å². The predicted octanol–water partition coefficient (Wildman–Crippen LogP) is 2.66. The molecule has 0 N–H and O–H groups in total. The van der Waals surface area contributed by atoms with Crippen molar-refractivity contribution in [1.82, 2.24) is 4.90 Å². The first kappa shape index (κ1) is 11.0. The second-order valence-electron chi connectivity index (χ2n) is 3.05. The Morgan fingerprint density at radius 1 is 1.57 bits per heavy atom. The third-order valence-electron chi connectivity index (χ3n) is 1.93. The second-order valence-corrected chi connectivity index (χ2v) is 3.38. The van der Waals surface area contributed by atoms with Crippen LogP contribution in [0.4, 0.5) is 9.18 Å². The number of nitrogens with zero attached hydrogens (tertiary/aromatic N) is 1. The molecule has 0 unspecified atom stereocenters. The third-order valence-corrected chi connectivity index (χ3v) is 2.21. The summed E-state index contributed by atoms with van der Waals surface area (Å²) in [7, 11) is 1.61. The summed E-state index contributed by atoms with van der Waals surface area (Å²) in [5.74, 6) is -0.262. The zero-order chi connectivity index (χ0) is 10.6. The fourth-order valence-electron chi connectivity index (χ4n) is 1.08. The van der Waals surface area contributed by atoms with Crippen LogP contribution >= 0.6 is 11.6 Å².